The highest BCUT2D eigenvalue weighted by molar-refractivity contribution is 5.95. The molecule has 1 aromatic carbocycles. The predicted molar refractivity (Wildman–Crippen MR) is 83.7 cm³/mol. The van der Waals surface area contributed by atoms with Gasteiger partial charge in [-0.1, -0.05) is 13.8 Å². The largest absolute Gasteiger partial charge is 0.325 e. The van der Waals surface area contributed by atoms with Crippen LogP contribution < -0.4 is 16.6 Å². The van der Waals surface area contributed by atoms with Gasteiger partial charge in [-0.15, -0.1) is 0 Å². The van der Waals surface area contributed by atoms with E-state index in [2.05, 4.69) is 29.5 Å². The van der Waals surface area contributed by atoms with Crippen molar-refractivity contribution in [1.82, 2.24) is 10.3 Å². The maximum Gasteiger partial charge on any atom is 0.265 e. The van der Waals surface area contributed by atoms with Crippen molar-refractivity contribution >= 4 is 17.5 Å². The van der Waals surface area contributed by atoms with Gasteiger partial charge in [0.2, 0.25) is 5.91 Å². The Bertz CT molecular complexity index is 453. The standard InChI is InChI=1S/C15H24N4O2/c1-3-9-19(10-4-2)11-14(20)17-13-7-5-12(6-8-13)15(21)18-16/h5-8H,3-4,9-11,16H2,1-2H3,(H,17,20)(H,18,21). The number of nitrogens with two attached hydrogens (primary N) is 1. The smallest absolute Gasteiger partial charge is 0.265 e. The molecule has 2 amide bonds. The first kappa shape index (κ1) is 17.1. The lowest BCUT2D eigenvalue weighted by atomic mass is 10.2. The SMILES string of the molecule is CCCN(CCC)CC(=O)Nc1ccc(C(=O)NN)cc1. The van der Waals surface area contributed by atoms with Crippen LogP contribution in [-0.2, 0) is 4.79 Å². The third-order valence-corrected chi connectivity index (χ3v) is 3.01. The van der Waals surface area contributed by atoms with Crippen molar-refractivity contribution in [2.45, 2.75) is 26.7 Å². The van der Waals surface area contributed by atoms with E-state index in [9.17, 15) is 9.59 Å². The van der Waals surface area contributed by atoms with Gasteiger partial charge in [0, 0.05) is 11.3 Å². The summed E-state index contributed by atoms with van der Waals surface area (Å²) in [7, 11) is 0. The molecule has 4 N–H and O–H groups in total. The van der Waals surface area contributed by atoms with Crippen LogP contribution in [0.2, 0.25) is 0 Å². The number of hydrogen-bond donors (Lipinski definition) is 3. The molecule has 0 unspecified atom stereocenters. The van der Waals surface area contributed by atoms with E-state index in [-0.39, 0.29) is 11.8 Å². The second-order valence-electron chi connectivity index (χ2n) is 4.88. The minimum atomic E-state index is -0.357. The molecule has 0 radical (unpaired) electrons. The Labute approximate surface area is 125 Å². The minimum absolute atomic E-state index is 0.0482. The summed E-state index contributed by atoms with van der Waals surface area (Å²) in [6.07, 6.45) is 2.05. The second-order valence-corrected chi connectivity index (χ2v) is 4.88. The van der Waals surface area contributed by atoms with Crippen molar-refractivity contribution in [3.05, 3.63) is 29.8 Å². The molecule has 0 aliphatic heterocycles. The maximum absolute atomic E-state index is 12.0. The van der Waals surface area contributed by atoms with Crippen LogP contribution in [0.25, 0.3) is 0 Å². The zero-order valence-electron chi connectivity index (χ0n) is 12.7. The number of amides is 2. The van der Waals surface area contributed by atoms with Gasteiger partial charge in [0.05, 0.1) is 6.54 Å². The Morgan fingerprint density at radius 3 is 2.14 bits per heavy atom. The summed E-state index contributed by atoms with van der Waals surface area (Å²) in [4.78, 5) is 25.4. The lowest BCUT2D eigenvalue weighted by Gasteiger charge is -2.20. The minimum Gasteiger partial charge on any atom is -0.325 e. The van der Waals surface area contributed by atoms with Gasteiger partial charge >= 0.3 is 0 Å². The summed E-state index contributed by atoms with van der Waals surface area (Å²) in [5.41, 5.74) is 3.18. The van der Waals surface area contributed by atoms with Gasteiger partial charge in [0.25, 0.3) is 5.91 Å². The number of hydrogen-bond acceptors (Lipinski definition) is 4. The zero-order valence-corrected chi connectivity index (χ0v) is 12.7. The normalized spacial score (nSPS) is 10.5. The number of nitrogen functional groups attached to an aromatic ring is 1. The highest BCUT2D eigenvalue weighted by Gasteiger charge is 2.10. The van der Waals surface area contributed by atoms with Crippen molar-refractivity contribution in [2.24, 2.45) is 5.84 Å². The number of carbonyl (C=O) groups is 2. The van der Waals surface area contributed by atoms with Crippen LogP contribution in [0.5, 0.6) is 0 Å². The van der Waals surface area contributed by atoms with E-state index in [1.807, 2.05) is 0 Å². The molecule has 0 atom stereocenters. The predicted octanol–water partition coefficient (Wildman–Crippen LogP) is 1.35. The third kappa shape index (κ3) is 5.93. The van der Waals surface area contributed by atoms with E-state index < -0.39 is 0 Å². The van der Waals surface area contributed by atoms with Gasteiger partial charge in [-0.3, -0.25) is 19.9 Å². The summed E-state index contributed by atoms with van der Waals surface area (Å²) < 4.78 is 0. The average molecular weight is 292 g/mol. The fourth-order valence-electron chi connectivity index (χ4n) is 2.09. The molecule has 0 spiro atoms. The van der Waals surface area contributed by atoms with Crippen LogP contribution in [0.4, 0.5) is 5.69 Å². The molecule has 6 nitrogen and oxygen atoms in total. The quantitative estimate of drug-likeness (QED) is 0.383. The topological polar surface area (TPSA) is 87.5 Å². The van der Waals surface area contributed by atoms with Gasteiger partial charge in [0.15, 0.2) is 0 Å². The summed E-state index contributed by atoms with van der Waals surface area (Å²) in [6, 6.07) is 6.61. The Kier molecular flexibility index (Phi) is 7.42. The number of carbonyl (C=O) groups excluding carboxylic acids is 2. The fourth-order valence-corrected chi connectivity index (χ4v) is 2.09. The molecule has 0 heterocycles. The summed E-state index contributed by atoms with van der Waals surface area (Å²) in [5, 5.41) is 2.83. The highest BCUT2D eigenvalue weighted by Crippen LogP contribution is 2.09. The molecule has 0 aliphatic carbocycles. The average Bonchev–Trinajstić information content (AvgIpc) is 2.47. The van der Waals surface area contributed by atoms with Crippen LogP contribution >= 0.6 is 0 Å². The van der Waals surface area contributed by atoms with Crippen LogP contribution in [0.1, 0.15) is 37.0 Å². The molecule has 0 saturated heterocycles. The zero-order chi connectivity index (χ0) is 15.7. The molecule has 116 valence electrons. The summed E-state index contributed by atoms with van der Waals surface area (Å²) >= 11 is 0. The van der Waals surface area contributed by atoms with Crippen molar-refractivity contribution in [1.29, 1.82) is 0 Å². The van der Waals surface area contributed by atoms with Crippen molar-refractivity contribution in [2.75, 3.05) is 25.0 Å². The molecule has 21 heavy (non-hydrogen) atoms. The van der Waals surface area contributed by atoms with Crippen molar-refractivity contribution < 1.29 is 9.59 Å². The Hall–Kier alpha value is -1.92. The molecular weight excluding hydrogens is 268 g/mol. The van der Waals surface area contributed by atoms with E-state index in [1.54, 1.807) is 24.3 Å². The van der Waals surface area contributed by atoms with Crippen LogP contribution in [0, 0.1) is 0 Å². The van der Waals surface area contributed by atoms with Gasteiger partial charge in [-0.25, -0.2) is 5.84 Å². The molecular formula is C15H24N4O2. The Balaban J connectivity index is 2.55. The number of hydrazine groups is 1. The van der Waals surface area contributed by atoms with E-state index in [1.165, 1.54) is 0 Å². The number of nitrogens with zero attached hydrogens (tertiary/aromatic N) is 1. The van der Waals surface area contributed by atoms with Crippen LogP contribution in [0.15, 0.2) is 24.3 Å². The first-order valence-electron chi connectivity index (χ1n) is 7.23. The number of nitrogens with one attached hydrogen (secondary N) is 2. The lowest BCUT2D eigenvalue weighted by Crippen LogP contribution is -2.34. The maximum atomic E-state index is 12.0. The van der Waals surface area contributed by atoms with Gasteiger partial charge in [-0.05, 0) is 50.2 Å². The second kappa shape index (κ2) is 9.10. The first-order chi connectivity index (χ1) is 10.1. The van der Waals surface area contributed by atoms with Crippen LogP contribution in [-0.4, -0.2) is 36.3 Å². The molecule has 1 rings (SSSR count). The Morgan fingerprint density at radius 1 is 1.10 bits per heavy atom. The van der Waals surface area contributed by atoms with Crippen LogP contribution in [0.3, 0.4) is 0 Å². The molecule has 1 aromatic rings. The fraction of sp³-hybridized carbons (Fsp3) is 0.467. The van der Waals surface area contributed by atoms with Gasteiger partial charge < -0.3 is 5.32 Å². The first-order valence-corrected chi connectivity index (χ1v) is 7.23. The lowest BCUT2D eigenvalue weighted by molar-refractivity contribution is -0.117. The summed E-state index contributed by atoms with van der Waals surface area (Å²) in [6.45, 7) is 6.41. The summed E-state index contributed by atoms with van der Waals surface area (Å²) in [5.74, 6) is 4.66. The molecule has 6 heteroatoms. The molecule has 0 aromatic heterocycles. The van der Waals surface area contributed by atoms with E-state index in [4.69, 9.17) is 5.84 Å². The van der Waals surface area contributed by atoms with Gasteiger partial charge in [0.1, 0.15) is 0 Å². The number of benzene rings is 1. The molecule has 0 saturated carbocycles. The van der Waals surface area contributed by atoms with Gasteiger partial charge in [-0.2, -0.15) is 0 Å². The monoisotopic (exact) mass is 292 g/mol. The molecule has 0 fully saturated rings. The van der Waals surface area contributed by atoms with E-state index in [0.717, 1.165) is 25.9 Å². The van der Waals surface area contributed by atoms with Crippen molar-refractivity contribution in [3.8, 4) is 0 Å². The Morgan fingerprint density at radius 2 is 1.67 bits per heavy atom. The number of anilines is 1. The third-order valence-electron chi connectivity index (χ3n) is 3.01. The van der Waals surface area contributed by atoms with Crippen molar-refractivity contribution in [3.63, 3.8) is 0 Å². The molecule has 0 aliphatic rings. The van der Waals surface area contributed by atoms with E-state index >= 15 is 0 Å². The number of rotatable bonds is 8. The highest BCUT2D eigenvalue weighted by atomic mass is 16.2. The molecule has 0 bridgehead atoms. The van der Waals surface area contributed by atoms with E-state index in [0.29, 0.717) is 17.8 Å².